The summed E-state index contributed by atoms with van der Waals surface area (Å²) in [4.78, 5) is 70.0. The largest absolute Gasteiger partial charge is 0.484 e. The molecule has 1 unspecified atom stereocenters. The van der Waals surface area contributed by atoms with Crippen LogP contribution in [0.15, 0.2) is 55.0 Å². The van der Waals surface area contributed by atoms with Crippen LogP contribution in [0.1, 0.15) is 64.2 Å². The third-order valence-electron chi connectivity index (χ3n) is 10.1. The first-order chi connectivity index (χ1) is 26.5. The third-order valence-corrected chi connectivity index (χ3v) is 10.8. The summed E-state index contributed by atoms with van der Waals surface area (Å²) in [7, 11) is 0. The van der Waals surface area contributed by atoms with Gasteiger partial charge in [-0.05, 0) is 55.7 Å². The number of benzene rings is 2. The number of carbonyl (C=O) groups is 5. The SMILES string of the molecule is O=C(COc1ccc2c(c1)C(=O)N(C1CCC(=O)NC1=O)C2=O)NCCN1CCC(n2cc(-c3cnc4c(c3)O[C@@H](c3c(Cl)ccc(F)c3Cl)N4)cn2)CC1. The molecular weight excluding hydrogens is 758 g/mol. The van der Waals surface area contributed by atoms with Crippen molar-refractivity contribution < 1.29 is 37.8 Å². The minimum Gasteiger partial charge on any atom is -0.484 e. The minimum absolute atomic E-state index is 0.0279. The van der Waals surface area contributed by atoms with Crippen LogP contribution < -0.4 is 25.4 Å². The Balaban J connectivity index is 0.778. The van der Waals surface area contributed by atoms with Gasteiger partial charge >= 0.3 is 0 Å². The zero-order valence-corrected chi connectivity index (χ0v) is 30.5. The summed E-state index contributed by atoms with van der Waals surface area (Å²) in [5, 5.41) is 12.9. The number of halogens is 3. The molecule has 0 spiro atoms. The number of nitrogens with one attached hydrogen (secondary N) is 3. The monoisotopic (exact) mass is 790 g/mol. The van der Waals surface area contributed by atoms with E-state index in [1.807, 2.05) is 16.9 Å². The molecule has 3 N–H and O–H groups in total. The van der Waals surface area contributed by atoms with Crippen LogP contribution in [0.3, 0.4) is 0 Å². The summed E-state index contributed by atoms with van der Waals surface area (Å²) in [5.41, 5.74) is 2.17. The molecule has 0 bridgehead atoms. The summed E-state index contributed by atoms with van der Waals surface area (Å²) in [6, 6.07) is 7.91. The maximum Gasteiger partial charge on any atom is 0.262 e. The van der Waals surface area contributed by atoms with Gasteiger partial charge in [-0.2, -0.15) is 5.10 Å². The number of anilines is 1. The molecule has 2 aromatic carbocycles. The molecular formula is C37H33Cl2FN8O7. The summed E-state index contributed by atoms with van der Waals surface area (Å²) in [6.45, 7) is 2.40. The number of hydrogen-bond donors (Lipinski definition) is 3. The average molecular weight is 792 g/mol. The van der Waals surface area contributed by atoms with Gasteiger partial charge in [-0.3, -0.25) is 38.9 Å². The van der Waals surface area contributed by atoms with Crippen molar-refractivity contribution in [1.29, 1.82) is 0 Å². The highest BCUT2D eigenvalue weighted by atomic mass is 35.5. The van der Waals surface area contributed by atoms with E-state index in [9.17, 15) is 28.4 Å². The summed E-state index contributed by atoms with van der Waals surface area (Å²) in [5.74, 6) is -2.14. The van der Waals surface area contributed by atoms with Crippen LogP contribution in [-0.2, 0) is 14.4 Å². The molecule has 0 saturated carbocycles. The lowest BCUT2D eigenvalue weighted by molar-refractivity contribution is -0.136. The van der Waals surface area contributed by atoms with Crippen molar-refractivity contribution in [1.82, 2.24) is 35.2 Å². The van der Waals surface area contributed by atoms with E-state index in [2.05, 4.69) is 30.9 Å². The quantitative estimate of drug-likeness (QED) is 0.156. The molecule has 2 atom stereocenters. The van der Waals surface area contributed by atoms with E-state index in [0.717, 1.165) is 42.0 Å². The Morgan fingerprint density at radius 2 is 1.80 bits per heavy atom. The van der Waals surface area contributed by atoms with Crippen LogP contribution in [0.5, 0.6) is 11.5 Å². The molecule has 2 fully saturated rings. The van der Waals surface area contributed by atoms with E-state index in [1.54, 1.807) is 12.4 Å². The van der Waals surface area contributed by atoms with Gasteiger partial charge in [0, 0.05) is 56.1 Å². The number of ether oxygens (including phenoxy) is 2. The Morgan fingerprint density at radius 3 is 2.60 bits per heavy atom. The Labute approximate surface area is 323 Å². The van der Waals surface area contributed by atoms with Crippen LogP contribution in [-0.4, -0.2) is 92.9 Å². The standard InChI is InChI=1S/C37H33Cl2FN8O7/c38-25-3-4-26(40)32(39)31(25)35-45-33-28(55-35)13-19(15-42-33)20-16-43-47(17-20)21-7-10-46(11-8-21)12-9-41-30(50)18-54-22-1-2-23-24(14-22)37(53)48(36(23)52)27-5-6-29(49)44-34(27)51/h1-4,13-17,21,27,35H,5-12,18H2,(H,41,50)(H,42,45)(H,44,49,51)/t27?,35-/m0/s1. The van der Waals surface area contributed by atoms with Crippen molar-refractivity contribution in [3.05, 3.63) is 87.5 Å². The van der Waals surface area contributed by atoms with Crippen LogP contribution in [0.2, 0.25) is 10.0 Å². The predicted molar refractivity (Wildman–Crippen MR) is 195 cm³/mol. The number of nitrogens with zero attached hydrogens (tertiary/aromatic N) is 5. The highest BCUT2D eigenvalue weighted by Crippen LogP contribution is 2.43. The summed E-state index contributed by atoms with van der Waals surface area (Å²) in [6.07, 6.45) is 6.50. The smallest absolute Gasteiger partial charge is 0.262 e. The molecule has 284 valence electrons. The number of pyridine rings is 1. The Kier molecular flexibility index (Phi) is 9.88. The van der Waals surface area contributed by atoms with Gasteiger partial charge in [-0.15, -0.1) is 0 Å². The normalized spacial score (nSPS) is 19.8. The van der Waals surface area contributed by atoms with E-state index < -0.39 is 41.7 Å². The molecule has 4 aliphatic heterocycles. The van der Waals surface area contributed by atoms with Crippen molar-refractivity contribution in [3.8, 4) is 22.6 Å². The lowest BCUT2D eigenvalue weighted by Crippen LogP contribution is -2.54. The number of amides is 5. The van der Waals surface area contributed by atoms with Gasteiger partial charge < -0.3 is 25.0 Å². The fourth-order valence-electron chi connectivity index (χ4n) is 7.18. The van der Waals surface area contributed by atoms with Crippen molar-refractivity contribution in [2.45, 2.75) is 44.0 Å². The van der Waals surface area contributed by atoms with E-state index >= 15 is 0 Å². The fraction of sp³-hybridized carbons (Fsp3) is 0.324. The highest BCUT2D eigenvalue weighted by Gasteiger charge is 2.44. The number of piperidine rings is 2. The molecule has 4 aromatic rings. The zero-order valence-electron chi connectivity index (χ0n) is 29.0. The second kappa shape index (κ2) is 14.9. The lowest BCUT2D eigenvalue weighted by atomic mass is 10.0. The molecule has 5 amide bonds. The Bertz CT molecular complexity index is 2240. The number of fused-ring (bicyclic) bond motifs is 2. The van der Waals surface area contributed by atoms with E-state index in [0.29, 0.717) is 30.2 Å². The molecule has 6 heterocycles. The van der Waals surface area contributed by atoms with Crippen LogP contribution in [0.25, 0.3) is 11.1 Å². The molecule has 8 rings (SSSR count). The molecule has 2 aromatic heterocycles. The third kappa shape index (κ3) is 7.20. The van der Waals surface area contributed by atoms with Gasteiger partial charge in [0.15, 0.2) is 18.2 Å². The van der Waals surface area contributed by atoms with Gasteiger partial charge in [0.05, 0.1) is 39.0 Å². The van der Waals surface area contributed by atoms with Gasteiger partial charge in [0.2, 0.25) is 18.0 Å². The molecule has 0 radical (unpaired) electrons. The second-order valence-corrected chi connectivity index (χ2v) is 14.3. The zero-order chi connectivity index (χ0) is 38.4. The molecule has 4 aliphatic rings. The second-order valence-electron chi connectivity index (χ2n) is 13.5. The average Bonchev–Trinajstić information content (AvgIpc) is 3.89. The lowest BCUT2D eigenvalue weighted by Gasteiger charge is -2.32. The van der Waals surface area contributed by atoms with Crippen molar-refractivity contribution in [3.63, 3.8) is 0 Å². The minimum atomic E-state index is -1.06. The summed E-state index contributed by atoms with van der Waals surface area (Å²) >= 11 is 12.5. The number of carbonyl (C=O) groups excluding carboxylic acids is 5. The first kappa shape index (κ1) is 36.4. The van der Waals surface area contributed by atoms with Crippen LogP contribution >= 0.6 is 23.2 Å². The Hall–Kier alpha value is -5.58. The van der Waals surface area contributed by atoms with E-state index in [1.165, 1.54) is 30.3 Å². The molecule has 0 aliphatic carbocycles. The number of hydrogen-bond acceptors (Lipinski definition) is 11. The summed E-state index contributed by atoms with van der Waals surface area (Å²) < 4.78 is 27.7. The first-order valence-electron chi connectivity index (χ1n) is 17.6. The molecule has 55 heavy (non-hydrogen) atoms. The fourth-order valence-corrected chi connectivity index (χ4v) is 7.75. The number of imide groups is 2. The maximum absolute atomic E-state index is 14.1. The van der Waals surface area contributed by atoms with Crippen molar-refractivity contribution in [2.75, 3.05) is 38.1 Å². The van der Waals surface area contributed by atoms with Crippen molar-refractivity contribution >= 4 is 58.6 Å². The molecule has 2 saturated heterocycles. The van der Waals surface area contributed by atoms with E-state index in [-0.39, 0.29) is 58.3 Å². The molecule has 18 heteroatoms. The van der Waals surface area contributed by atoms with Crippen LogP contribution in [0, 0.1) is 5.82 Å². The molecule has 15 nitrogen and oxygen atoms in total. The van der Waals surface area contributed by atoms with Crippen LogP contribution in [0.4, 0.5) is 10.2 Å². The number of rotatable bonds is 10. The van der Waals surface area contributed by atoms with Crippen molar-refractivity contribution in [2.24, 2.45) is 0 Å². The highest BCUT2D eigenvalue weighted by molar-refractivity contribution is 6.36. The van der Waals surface area contributed by atoms with Gasteiger partial charge in [-0.1, -0.05) is 23.2 Å². The van der Waals surface area contributed by atoms with E-state index in [4.69, 9.17) is 32.7 Å². The first-order valence-corrected chi connectivity index (χ1v) is 18.4. The Morgan fingerprint density at radius 1 is 1.00 bits per heavy atom. The van der Waals surface area contributed by atoms with Gasteiger partial charge in [0.25, 0.3) is 17.7 Å². The van der Waals surface area contributed by atoms with Gasteiger partial charge in [0.1, 0.15) is 17.6 Å². The van der Waals surface area contributed by atoms with Gasteiger partial charge in [-0.25, -0.2) is 9.37 Å². The number of likely N-dealkylation sites (tertiary alicyclic amines) is 1. The topological polar surface area (TPSA) is 177 Å². The predicted octanol–water partition coefficient (Wildman–Crippen LogP) is 4.13. The number of aromatic nitrogens is 3. The maximum atomic E-state index is 14.1.